The molecule has 0 aliphatic carbocycles. The number of aromatic carboxylic acids is 1. The van der Waals surface area contributed by atoms with E-state index in [0.717, 1.165) is 5.56 Å². The van der Waals surface area contributed by atoms with Crippen molar-refractivity contribution in [2.75, 3.05) is 6.54 Å². The molecule has 0 amide bonds. The molecule has 0 unspecified atom stereocenters. The van der Waals surface area contributed by atoms with Crippen LogP contribution in [-0.2, 0) is 16.4 Å². The van der Waals surface area contributed by atoms with E-state index in [0.29, 0.717) is 6.42 Å². The number of aryl methyl sites for hydroxylation is 1. The van der Waals surface area contributed by atoms with E-state index in [-0.39, 0.29) is 17.1 Å². The highest BCUT2D eigenvalue weighted by molar-refractivity contribution is 7.89. The van der Waals surface area contributed by atoms with Crippen LogP contribution in [0.15, 0.2) is 29.4 Å². The zero-order valence-electron chi connectivity index (χ0n) is 11.2. The highest BCUT2D eigenvalue weighted by Gasteiger charge is 2.27. The number of hydrogen-bond acceptors (Lipinski definition) is 5. The molecule has 0 atom stereocenters. The number of sulfonamides is 1. The van der Waals surface area contributed by atoms with E-state index >= 15 is 0 Å². The summed E-state index contributed by atoms with van der Waals surface area (Å²) in [6.45, 7) is 1.59. The SMILES string of the molecule is Cc1[nH]nc(C(=O)O)c1S(=O)(=O)NCCc1cccnc1. The van der Waals surface area contributed by atoms with E-state index in [2.05, 4.69) is 19.9 Å². The van der Waals surface area contributed by atoms with Crippen LogP contribution in [0.5, 0.6) is 0 Å². The highest BCUT2D eigenvalue weighted by Crippen LogP contribution is 2.17. The van der Waals surface area contributed by atoms with Gasteiger partial charge in [0, 0.05) is 18.9 Å². The summed E-state index contributed by atoms with van der Waals surface area (Å²) in [5.41, 5.74) is 0.547. The molecule has 8 nitrogen and oxygen atoms in total. The Morgan fingerprint density at radius 2 is 2.24 bits per heavy atom. The molecule has 2 aromatic heterocycles. The molecule has 0 radical (unpaired) electrons. The lowest BCUT2D eigenvalue weighted by Gasteiger charge is -2.06. The van der Waals surface area contributed by atoms with E-state index in [4.69, 9.17) is 5.11 Å². The largest absolute Gasteiger partial charge is 0.476 e. The standard InChI is InChI=1S/C12H14N4O4S/c1-8-11(10(12(17)18)16-15-8)21(19,20)14-6-4-9-3-2-5-13-7-9/h2-3,5,7,14H,4,6H2,1H3,(H,15,16)(H,17,18). The lowest BCUT2D eigenvalue weighted by atomic mass is 10.2. The molecule has 0 aliphatic heterocycles. The van der Waals surface area contributed by atoms with Crippen LogP contribution in [-0.4, -0.2) is 41.2 Å². The van der Waals surface area contributed by atoms with E-state index < -0.39 is 21.7 Å². The molecule has 0 saturated carbocycles. The van der Waals surface area contributed by atoms with Crippen molar-refractivity contribution in [2.24, 2.45) is 0 Å². The summed E-state index contributed by atoms with van der Waals surface area (Å²) < 4.78 is 26.7. The Balaban J connectivity index is 2.12. The summed E-state index contributed by atoms with van der Waals surface area (Å²) in [7, 11) is -3.94. The number of nitrogens with one attached hydrogen (secondary N) is 2. The third-order valence-electron chi connectivity index (χ3n) is 2.79. The maximum Gasteiger partial charge on any atom is 0.357 e. The number of nitrogens with zero attached hydrogens (tertiary/aromatic N) is 2. The fourth-order valence-electron chi connectivity index (χ4n) is 1.84. The molecule has 3 N–H and O–H groups in total. The molecule has 0 saturated heterocycles. The molecule has 112 valence electrons. The summed E-state index contributed by atoms with van der Waals surface area (Å²) in [4.78, 5) is 14.6. The summed E-state index contributed by atoms with van der Waals surface area (Å²) in [5, 5.41) is 14.8. The molecular formula is C12H14N4O4S. The van der Waals surface area contributed by atoms with E-state index in [1.54, 1.807) is 18.5 Å². The van der Waals surface area contributed by atoms with Crippen molar-refractivity contribution < 1.29 is 18.3 Å². The average Bonchev–Trinajstić information content (AvgIpc) is 2.83. The van der Waals surface area contributed by atoms with Crippen molar-refractivity contribution in [1.82, 2.24) is 19.9 Å². The van der Waals surface area contributed by atoms with Crippen LogP contribution in [0.2, 0.25) is 0 Å². The Morgan fingerprint density at radius 1 is 1.48 bits per heavy atom. The summed E-state index contributed by atoms with van der Waals surface area (Å²) in [6.07, 6.45) is 3.72. The van der Waals surface area contributed by atoms with Crippen LogP contribution in [0.25, 0.3) is 0 Å². The van der Waals surface area contributed by atoms with Crippen LogP contribution in [0, 0.1) is 6.92 Å². The van der Waals surface area contributed by atoms with Gasteiger partial charge in [0.05, 0.1) is 5.69 Å². The zero-order chi connectivity index (χ0) is 15.5. The van der Waals surface area contributed by atoms with Crippen LogP contribution < -0.4 is 4.72 Å². The quantitative estimate of drug-likeness (QED) is 0.706. The van der Waals surface area contributed by atoms with Gasteiger partial charge in [-0.3, -0.25) is 10.1 Å². The highest BCUT2D eigenvalue weighted by atomic mass is 32.2. The van der Waals surface area contributed by atoms with E-state index in [1.165, 1.54) is 6.92 Å². The first-order valence-corrected chi connectivity index (χ1v) is 7.57. The topological polar surface area (TPSA) is 125 Å². The molecule has 0 bridgehead atoms. The van der Waals surface area contributed by atoms with Crippen molar-refractivity contribution in [3.05, 3.63) is 41.5 Å². The first-order chi connectivity index (χ1) is 9.92. The Morgan fingerprint density at radius 3 is 2.86 bits per heavy atom. The second-order valence-corrected chi connectivity index (χ2v) is 6.04. The summed E-state index contributed by atoms with van der Waals surface area (Å²) >= 11 is 0. The maximum atomic E-state index is 12.2. The molecule has 0 aromatic carbocycles. The first kappa shape index (κ1) is 15.1. The summed E-state index contributed by atoms with van der Waals surface area (Å²) in [5.74, 6) is -1.40. The van der Waals surface area contributed by atoms with Gasteiger partial charge in [-0.25, -0.2) is 17.9 Å². The number of carbonyl (C=O) groups is 1. The van der Waals surface area contributed by atoms with Crippen molar-refractivity contribution in [3.8, 4) is 0 Å². The minimum Gasteiger partial charge on any atom is -0.476 e. The summed E-state index contributed by atoms with van der Waals surface area (Å²) in [6, 6.07) is 3.58. The fourth-order valence-corrected chi connectivity index (χ4v) is 3.19. The van der Waals surface area contributed by atoms with E-state index in [9.17, 15) is 13.2 Å². The van der Waals surface area contributed by atoms with Crippen molar-refractivity contribution >= 4 is 16.0 Å². The second kappa shape index (κ2) is 6.02. The number of aromatic nitrogens is 3. The van der Waals surface area contributed by atoms with Crippen molar-refractivity contribution in [1.29, 1.82) is 0 Å². The molecule has 0 aliphatic rings. The van der Waals surface area contributed by atoms with Gasteiger partial charge in [0.15, 0.2) is 5.69 Å². The number of carboxylic acids is 1. The van der Waals surface area contributed by atoms with Crippen LogP contribution in [0.4, 0.5) is 0 Å². The first-order valence-electron chi connectivity index (χ1n) is 6.08. The number of pyridine rings is 1. The van der Waals surface area contributed by atoms with Crippen LogP contribution in [0.1, 0.15) is 21.7 Å². The number of H-pyrrole nitrogens is 1. The monoisotopic (exact) mass is 310 g/mol. The molecular weight excluding hydrogens is 296 g/mol. The molecule has 21 heavy (non-hydrogen) atoms. The Kier molecular flexibility index (Phi) is 4.34. The second-order valence-electron chi connectivity index (χ2n) is 4.34. The Labute approximate surface area is 121 Å². The van der Waals surface area contributed by atoms with Gasteiger partial charge in [0.1, 0.15) is 4.90 Å². The number of hydrogen-bond donors (Lipinski definition) is 3. The fraction of sp³-hybridized carbons (Fsp3) is 0.250. The van der Waals surface area contributed by atoms with Gasteiger partial charge in [0.25, 0.3) is 0 Å². The van der Waals surface area contributed by atoms with Gasteiger partial charge < -0.3 is 5.11 Å². The molecule has 2 rings (SSSR count). The molecule has 0 spiro atoms. The maximum absolute atomic E-state index is 12.2. The predicted octanol–water partition coefficient (Wildman–Crippen LogP) is 0.332. The number of rotatable bonds is 6. The Hall–Kier alpha value is -2.26. The van der Waals surface area contributed by atoms with E-state index in [1.807, 2.05) is 6.07 Å². The normalized spacial score (nSPS) is 11.5. The van der Waals surface area contributed by atoms with Crippen molar-refractivity contribution in [3.63, 3.8) is 0 Å². The van der Waals surface area contributed by atoms with Gasteiger partial charge in [-0.2, -0.15) is 5.10 Å². The smallest absolute Gasteiger partial charge is 0.357 e. The molecule has 9 heteroatoms. The van der Waals surface area contributed by atoms with Gasteiger partial charge in [-0.1, -0.05) is 6.07 Å². The third-order valence-corrected chi connectivity index (χ3v) is 4.41. The van der Waals surface area contributed by atoms with Gasteiger partial charge in [-0.15, -0.1) is 0 Å². The lowest BCUT2D eigenvalue weighted by molar-refractivity contribution is 0.0686. The molecule has 2 aromatic rings. The van der Waals surface area contributed by atoms with Crippen molar-refractivity contribution in [2.45, 2.75) is 18.2 Å². The Bertz CT molecular complexity index is 740. The molecule has 0 fully saturated rings. The third kappa shape index (κ3) is 3.44. The number of aromatic amines is 1. The van der Waals surface area contributed by atoms with Gasteiger partial charge in [0.2, 0.25) is 10.0 Å². The predicted molar refractivity (Wildman–Crippen MR) is 73.4 cm³/mol. The lowest BCUT2D eigenvalue weighted by Crippen LogP contribution is -2.27. The van der Waals surface area contributed by atoms with Gasteiger partial charge in [-0.05, 0) is 25.0 Å². The molecule has 2 heterocycles. The van der Waals surface area contributed by atoms with Crippen LogP contribution in [0.3, 0.4) is 0 Å². The van der Waals surface area contributed by atoms with Crippen LogP contribution >= 0.6 is 0 Å². The minimum atomic E-state index is -3.94. The minimum absolute atomic E-state index is 0.137. The zero-order valence-corrected chi connectivity index (χ0v) is 12.0. The average molecular weight is 310 g/mol. The van der Waals surface area contributed by atoms with Gasteiger partial charge >= 0.3 is 5.97 Å². The number of carboxylic acid groups (broad SMARTS) is 1.